The molecular weight excluding hydrogens is 342 g/mol. The fourth-order valence-electron chi connectivity index (χ4n) is 3.74. The summed E-state index contributed by atoms with van der Waals surface area (Å²) < 4.78 is 7.08. The molecule has 1 saturated heterocycles. The molecule has 0 bridgehead atoms. The summed E-state index contributed by atoms with van der Waals surface area (Å²) in [5.74, 6) is 0.555. The van der Waals surface area contributed by atoms with Gasteiger partial charge in [-0.15, -0.1) is 0 Å². The van der Waals surface area contributed by atoms with E-state index in [1.165, 1.54) is 17.2 Å². The Bertz CT molecular complexity index is 771. The fraction of sp³-hybridized carbons (Fsp3) is 0.688. The van der Waals surface area contributed by atoms with Gasteiger partial charge in [0, 0.05) is 6.04 Å². The highest BCUT2D eigenvalue weighted by molar-refractivity contribution is 5.82. The Kier molecular flexibility index (Phi) is 4.76. The quantitative estimate of drug-likeness (QED) is 0.468. The second-order valence-electron chi connectivity index (χ2n) is 6.94. The van der Waals surface area contributed by atoms with Crippen LogP contribution in [0.15, 0.2) is 12.7 Å². The Morgan fingerprint density at radius 1 is 1.15 bits per heavy atom. The Labute approximate surface area is 149 Å². The highest BCUT2D eigenvalue weighted by Gasteiger charge is 2.44. The number of nitrogens with zero attached hydrogens (tertiary/aromatic N) is 4. The van der Waals surface area contributed by atoms with Crippen LogP contribution in [0.4, 0.5) is 5.82 Å². The Balaban J connectivity index is 1.61. The lowest BCUT2D eigenvalue weighted by Crippen LogP contribution is -2.33. The van der Waals surface area contributed by atoms with Crippen molar-refractivity contribution in [3.63, 3.8) is 0 Å². The van der Waals surface area contributed by atoms with E-state index in [1.807, 2.05) is 0 Å². The molecule has 4 rings (SSSR count). The van der Waals surface area contributed by atoms with E-state index < -0.39 is 31.1 Å². The van der Waals surface area contributed by atoms with Crippen LogP contribution in [-0.2, 0) is 4.74 Å². The van der Waals surface area contributed by atoms with E-state index >= 15 is 0 Å². The van der Waals surface area contributed by atoms with Gasteiger partial charge in [-0.25, -0.2) is 15.0 Å². The van der Waals surface area contributed by atoms with Crippen LogP contribution in [0.1, 0.15) is 31.9 Å². The van der Waals surface area contributed by atoms with Crippen LogP contribution in [-0.4, -0.2) is 77.0 Å². The van der Waals surface area contributed by atoms with Gasteiger partial charge in [-0.05, 0) is 25.7 Å². The topological polar surface area (TPSA) is 146 Å². The first-order valence-corrected chi connectivity index (χ1v) is 8.83. The van der Waals surface area contributed by atoms with Crippen molar-refractivity contribution in [2.24, 2.45) is 0 Å². The number of nitrogens with one attached hydrogen (secondary N) is 1. The number of hydrogen-bond acceptors (Lipinski definition) is 9. The highest BCUT2D eigenvalue weighted by Crippen LogP contribution is 2.32. The average Bonchev–Trinajstić information content (AvgIpc) is 3.18. The second kappa shape index (κ2) is 7.05. The van der Waals surface area contributed by atoms with Gasteiger partial charge < -0.3 is 30.5 Å². The molecule has 2 fully saturated rings. The van der Waals surface area contributed by atoms with Gasteiger partial charge in [0.1, 0.15) is 24.6 Å². The molecule has 1 aliphatic carbocycles. The number of imidazole rings is 1. The van der Waals surface area contributed by atoms with Gasteiger partial charge in [0.2, 0.25) is 0 Å². The number of rotatable bonds is 4. The van der Waals surface area contributed by atoms with Gasteiger partial charge in [-0.3, -0.25) is 4.57 Å². The van der Waals surface area contributed by atoms with Crippen molar-refractivity contribution in [2.75, 3.05) is 11.9 Å². The number of anilines is 1. The molecule has 10 heteroatoms. The van der Waals surface area contributed by atoms with Crippen LogP contribution >= 0.6 is 0 Å². The third kappa shape index (κ3) is 3.03. The number of fused-ring (bicyclic) bond motifs is 1. The van der Waals surface area contributed by atoms with E-state index in [-0.39, 0.29) is 12.1 Å². The molecule has 0 spiro atoms. The molecule has 3 heterocycles. The van der Waals surface area contributed by atoms with Crippen molar-refractivity contribution >= 4 is 17.0 Å². The molecule has 5 N–H and O–H groups in total. The standard InChI is InChI=1S/C16H23N5O5/c22-5-10-12(24)13(25)16(26-10)21-7-19-11-14(17-6-18-15(11)21)20-8-2-1-3-9(23)4-8/h6-10,12-13,16,22-25H,1-5H2,(H,17,18,20)/t8-,9+,10-,12-,13-,16-/m1/s1. The lowest BCUT2D eigenvalue weighted by Gasteiger charge is -2.27. The summed E-state index contributed by atoms with van der Waals surface area (Å²) in [7, 11) is 0. The number of aromatic nitrogens is 4. The number of hydrogen-bond donors (Lipinski definition) is 5. The van der Waals surface area contributed by atoms with Crippen molar-refractivity contribution in [2.45, 2.75) is 62.4 Å². The molecule has 1 aliphatic heterocycles. The largest absolute Gasteiger partial charge is 0.394 e. The number of ether oxygens (including phenoxy) is 1. The SMILES string of the molecule is OC[C@H]1O[C@@H](n2cnc3c(N[C@@H]4CCC[C@H](O)C4)ncnc32)[C@H](O)[C@@H]1O. The number of aliphatic hydroxyl groups is 4. The van der Waals surface area contributed by atoms with Crippen LogP contribution < -0.4 is 5.32 Å². The van der Waals surface area contributed by atoms with Gasteiger partial charge in [0.15, 0.2) is 23.2 Å². The molecule has 2 aromatic rings. The summed E-state index contributed by atoms with van der Waals surface area (Å²) in [6.45, 7) is -0.396. The summed E-state index contributed by atoms with van der Waals surface area (Å²) in [4.78, 5) is 12.8. The molecule has 0 amide bonds. The lowest BCUT2D eigenvalue weighted by molar-refractivity contribution is -0.0511. The molecule has 0 radical (unpaired) electrons. The third-order valence-electron chi connectivity index (χ3n) is 5.14. The summed E-state index contributed by atoms with van der Waals surface area (Å²) in [5.41, 5.74) is 0.971. The van der Waals surface area contributed by atoms with Crippen LogP contribution in [0, 0.1) is 0 Å². The molecule has 2 aromatic heterocycles. The third-order valence-corrected chi connectivity index (χ3v) is 5.14. The Hall–Kier alpha value is -1.85. The van der Waals surface area contributed by atoms with E-state index in [0.717, 1.165) is 19.3 Å². The molecule has 6 atom stereocenters. The van der Waals surface area contributed by atoms with E-state index in [0.29, 0.717) is 23.4 Å². The average molecular weight is 365 g/mol. The minimum atomic E-state index is -1.20. The molecule has 26 heavy (non-hydrogen) atoms. The Morgan fingerprint density at radius 3 is 2.73 bits per heavy atom. The summed E-state index contributed by atoms with van der Waals surface area (Å²) in [6, 6.07) is 0.107. The van der Waals surface area contributed by atoms with Crippen molar-refractivity contribution in [1.82, 2.24) is 19.5 Å². The summed E-state index contributed by atoms with van der Waals surface area (Å²) >= 11 is 0. The minimum absolute atomic E-state index is 0.107. The van der Waals surface area contributed by atoms with Crippen molar-refractivity contribution in [3.8, 4) is 0 Å². The lowest BCUT2D eigenvalue weighted by atomic mass is 9.93. The zero-order valence-corrected chi connectivity index (χ0v) is 14.1. The van der Waals surface area contributed by atoms with Gasteiger partial charge in [0.25, 0.3) is 0 Å². The van der Waals surface area contributed by atoms with Crippen LogP contribution in [0.25, 0.3) is 11.2 Å². The van der Waals surface area contributed by atoms with Crippen molar-refractivity contribution in [1.29, 1.82) is 0 Å². The van der Waals surface area contributed by atoms with E-state index in [1.54, 1.807) is 0 Å². The fourth-order valence-corrected chi connectivity index (χ4v) is 3.74. The van der Waals surface area contributed by atoms with Gasteiger partial charge in [-0.2, -0.15) is 0 Å². The molecule has 142 valence electrons. The maximum absolute atomic E-state index is 10.2. The minimum Gasteiger partial charge on any atom is -0.394 e. The van der Waals surface area contributed by atoms with Gasteiger partial charge >= 0.3 is 0 Å². The molecule has 1 saturated carbocycles. The maximum Gasteiger partial charge on any atom is 0.167 e. The smallest absolute Gasteiger partial charge is 0.167 e. The number of aliphatic hydroxyl groups excluding tert-OH is 4. The zero-order valence-electron chi connectivity index (χ0n) is 14.1. The van der Waals surface area contributed by atoms with E-state index in [2.05, 4.69) is 20.3 Å². The first kappa shape index (κ1) is 17.6. The maximum atomic E-state index is 10.2. The van der Waals surface area contributed by atoms with E-state index in [9.17, 15) is 20.4 Å². The molecule has 0 aromatic carbocycles. The van der Waals surface area contributed by atoms with Crippen LogP contribution in [0.2, 0.25) is 0 Å². The van der Waals surface area contributed by atoms with Gasteiger partial charge in [-0.1, -0.05) is 0 Å². The first-order valence-electron chi connectivity index (χ1n) is 8.83. The Morgan fingerprint density at radius 2 is 2.00 bits per heavy atom. The molecule has 0 unspecified atom stereocenters. The summed E-state index contributed by atoms with van der Waals surface area (Å²) in [5, 5.41) is 42.6. The second-order valence-corrected chi connectivity index (χ2v) is 6.94. The van der Waals surface area contributed by atoms with Crippen LogP contribution in [0.3, 0.4) is 0 Å². The zero-order chi connectivity index (χ0) is 18.3. The highest BCUT2D eigenvalue weighted by atomic mass is 16.6. The molecular formula is C16H23N5O5. The van der Waals surface area contributed by atoms with Crippen molar-refractivity contribution in [3.05, 3.63) is 12.7 Å². The molecule has 10 nitrogen and oxygen atoms in total. The first-order chi connectivity index (χ1) is 12.6. The predicted molar refractivity (Wildman–Crippen MR) is 90.2 cm³/mol. The van der Waals surface area contributed by atoms with Gasteiger partial charge in [0.05, 0.1) is 19.0 Å². The molecule has 2 aliphatic rings. The predicted octanol–water partition coefficient (Wildman–Crippen LogP) is -0.847. The normalized spacial score (nSPS) is 35.1. The summed E-state index contributed by atoms with van der Waals surface area (Å²) in [6.07, 6.45) is 1.76. The monoisotopic (exact) mass is 365 g/mol. The van der Waals surface area contributed by atoms with E-state index in [4.69, 9.17) is 4.74 Å². The van der Waals surface area contributed by atoms with Crippen LogP contribution in [0.5, 0.6) is 0 Å². The van der Waals surface area contributed by atoms with Crippen molar-refractivity contribution < 1.29 is 25.2 Å².